The summed E-state index contributed by atoms with van der Waals surface area (Å²) in [6, 6.07) is 11.2. The quantitative estimate of drug-likeness (QED) is 0.418. The second-order valence-electron chi connectivity index (χ2n) is 6.21. The lowest BCUT2D eigenvalue weighted by Gasteiger charge is -2.36. The monoisotopic (exact) mass is 403 g/mol. The first-order chi connectivity index (χ1) is 13.5. The summed E-state index contributed by atoms with van der Waals surface area (Å²) in [6.45, 7) is 2.09. The molecule has 3 rings (SSSR count). The predicted molar refractivity (Wildman–Crippen MR) is 104 cm³/mol. The van der Waals surface area contributed by atoms with Crippen LogP contribution in [0.15, 0.2) is 42.5 Å². The highest BCUT2D eigenvalue weighted by molar-refractivity contribution is 6.33. The lowest BCUT2D eigenvalue weighted by molar-refractivity contribution is -0.384. The molecule has 1 aliphatic heterocycles. The molecule has 1 aliphatic rings. The predicted octanol–water partition coefficient (Wildman–Crippen LogP) is 2.79. The van der Waals surface area contributed by atoms with Crippen molar-refractivity contribution < 1.29 is 19.2 Å². The Bertz CT molecular complexity index is 897. The molecule has 28 heavy (non-hydrogen) atoms. The Kier molecular flexibility index (Phi) is 6.10. The molecule has 2 aromatic rings. The molecule has 0 atom stereocenters. The Morgan fingerprint density at radius 2 is 1.89 bits per heavy atom. The third-order valence-corrected chi connectivity index (χ3v) is 4.83. The molecule has 9 heteroatoms. The van der Waals surface area contributed by atoms with Crippen LogP contribution in [0, 0.1) is 10.1 Å². The van der Waals surface area contributed by atoms with Crippen molar-refractivity contribution in [3.05, 3.63) is 63.2 Å². The van der Waals surface area contributed by atoms with Gasteiger partial charge in [0.25, 0.3) is 11.6 Å². The number of amides is 1. The molecule has 0 unspecified atom stereocenters. The highest BCUT2D eigenvalue weighted by Crippen LogP contribution is 2.26. The van der Waals surface area contributed by atoms with E-state index in [9.17, 15) is 19.7 Å². The van der Waals surface area contributed by atoms with Crippen LogP contribution < -0.4 is 9.64 Å². The van der Waals surface area contributed by atoms with E-state index in [0.29, 0.717) is 37.5 Å². The maximum Gasteiger partial charge on any atom is 0.270 e. The second-order valence-corrected chi connectivity index (χ2v) is 6.61. The molecule has 0 bridgehead atoms. The number of carbonyl (C=O) groups is 2. The average molecular weight is 404 g/mol. The Hall–Kier alpha value is -3.13. The SMILES string of the molecule is O=Cc1cc([N+](=O)[O-])ccc1OCC(=O)N1CCN(c2ccccc2Cl)CC1. The standard InChI is InChI=1S/C19H18ClN3O5/c20-16-3-1-2-4-17(16)21-7-9-22(10-8-21)19(25)13-28-18-6-5-15(23(26)27)11-14(18)12-24/h1-6,11-12H,7-10,13H2. The van der Waals surface area contributed by atoms with Crippen molar-refractivity contribution in [3.63, 3.8) is 0 Å². The van der Waals surface area contributed by atoms with Gasteiger partial charge in [-0.1, -0.05) is 23.7 Å². The van der Waals surface area contributed by atoms with Crippen molar-refractivity contribution in [2.75, 3.05) is 37.7 Å². The van der Waals surface area contributed by atoms with Gasteiger partial charge in [0.1, 0.15) is 5.75 Å². The number of nitro groups is 1. The van der Waals surface area contributed by atoms with Gasteiger partial charge in [-0.05, 0) is 18.2 Å². The number of aldehydes is 1. The molecule has 2 aromatic carbocycles. The molecular formula is C19H18ClN3O5. The van der Waals surface area contributed by atoms with Crippen molar-refractivity contribution in [3.8, 4) is 5.75 Å². The van der Waals surface area contributed by atoms with E-state index < -0.39 is 4.92 Å². The summed E-state index contributed by atoms with van der Waals surface area (Å²) in [4.78, 5) is 37.5. The Morgan fingerprint density at radius 3 is 2.54 bits per heavy atom. The van der Waals surface area contributed by atoms with Crippen LogP contribution in [0.4, 0.5) is 11.4 Å². The fourth-order valence-corrected chi connectivity index (χ4v) is 3.26. The molecule has 1 amide bonds. The summed E-state index contributed by atoms with van der Waals surface area (Å²) < 4.78 is 5.43. The van der Waals surface area contributed by atoms with Crippen LogP contribution in [0.5, 0.6) is 5.75 Å². The zero-order valence-corrected chi connectivity index (χ0v) is 15.7. The van der Waals surface area contributed by atoms with Gasteiger partial charge in [0.2, 0.25) is 0 Å². The van der Waals surface area contributed by atoms with Gasteiger partial charge in [-0.3, -0.25) is 19.7 Å². The van der Waals surface area contributed by atoms with Gasteiger partial charge in [0.15, 0.2) is 12.9 Å². The van der Waals surface area contributed by atoms with E-state index in [0.717, 1.165) is 11.8 Å². The minimum Gasteiger partial charge on any atom is -0.483 e. The number of benzene rings is 2. The topological polar surface area (TPSA) is 93.0 Å². The number of para-hydroxylation sites is 1. The van der Waals surface area contributed by atoms with Crippen LogP contribution in [-0.2, 0) is 4.79 Å². The summed E-state index contributed by atoms with van der Waals surface area (Å²) in [6.07, 6.45) is 0.467. The number of hydrogen-bond donors (Lipinski definition) is 0. The lowest BCUT2D eigenvalue weighted by Crippen LogP contribution is -2.50. The van der Waals surface area contributed by atoms with Crippen LogP contribution in [-0.4, -0.2) is 54.8 Å². The molecule has 0 aromatic heterocycles. The normalized spacial score (nSPS) is 13.9. The van der Waals surface area contributed by atoms with Crippen LogP contribution >= 0.6 is 11.6 Å². The zero-order valence-electron chi connectivity index (χ0n) is 14.9. The fourth-order valence-electron chi connectivity index (χ4n) is 3.01. The number of piperazine rings is 1. The minimum absolute atomic E-state index is 0.0329. The van der Waals surface area contributed by atoms with Gasteiger partial charge < -0.3 is 14.5 Å². The average Bonchev–Trinajstić information content (AvgIpc) is 2.72. The van der Waals surface area contributed by atoms with Crippen molar-refractivity contribution in [2.24, 2.45) is 0 Å². The number of nitro benzene ring substituents is 1. The van der Waals surface area contributed by atoms with Gasteiger partial charge in [-0.2, -0.15) is 0 Å². The number of hydrogen-bond acceptors (Lipinski definition) is 6. The summed E-state index contributed by atoms with van der Waals surface area (Å²) in [5, 5.41) is 11.5. The van der Waals surface area contributed by atoms with E-state index >= 15 is 0 Å². The number of non-ortho nitro benzene ring substituents is 1. The van der Waals surface area contributed by atoms with Crippen LogP contribution in [0.25, 0.3) is 0 Å². The number of nitrogens with zero attached hydrogens (tertiary/aromatic N) is 3. The molecule has 1 heterocycles. The third-order valence-electron chi connectivity index (χ3n) is 4.51. The van der Waals surface area contributed by atoms with Gasteiger partial charge in [-0.15, -0.1) is 0 Å². The van der Waals surface area contributed by atoms with Gasteiger partial charge in [0.05, 0.1) is 21.2 Å². The van der Waals surface area contributed by atoms with E-state index in [1.807, 2.05) is 24.3 Å². The van der Waals surface area contributed by atoms with Crippen LogP contribution in [0.1, 0.15) is 10.4 Å². The maximum absolute atomic E-state index is 12.4. The largest absolute Gasteiger partial charge is 0.483 e. The first-order valence-electron chi connectivity index (χ1n) is 8.63. The summed E-state index contributed by atoms with van der Waals surface area (Å²) >= 11 is 6.22. The van der Waals surface area contributed by atoms with Crippen molar-refractivity contribution in [1.82, 2.24) is 4.90 Å². The Labute approximate surface area is 166 Å². The molecule has 0 radical (unpaired) electrons. The van der Waals surface area contributed by atoms with E-state index in [1.54, 1.807) is 4.90 Å². The number of rotatable bonds is 6. The van der Waals surface area contributed by atoms with Crippen LogP contribution in [0.3, 0.4) is 0 Å². The van der Waals surface area contributed by atoms with Crippen molar-refractivity contribution in [2.45, 2.75) is 0 Å². The summed E-state index contributed by atoms with van der Waals surface area (Å²) in [5.41, 5.74) is 0.760. The Morgan fingerprint density at radius 1 is 1.18 bits per heavy atom. The van der Waals surface area contributed by atoms with E-state index in [1.165, 1.54) is 12.1 Å². The molecule has 8 nitrogen and oxygen atoms in total. The highest BCUT2D eigenvalue weighted by atomic mass is 35.5. The summed E-state index contributed by atoms with van der Waals surface area (Å²) in [5.74, 6) is -0.0716. The molecule has 0 spiro atoms. The van der Waals surface area contributed by atoms with Crippen molar-refractivity contribution in [1.29, 1.82) is 0 Å². The minimum atomic E-state index is -0.597. The molecule has 1 saturated heterocycles. The molecular weight excluding hydrogens is 386 g/mol. The first-order valence-corrected chi connectivity index (χ1v) is 9.01. The second kappa shape index (κ2) is 8.71. The number of halogens is 1. The number of ether oxygens (including phenoxy) is 1. The van der Waals surface area contributed by atoms with E-state index in [2.05, 4.69) is 4.90 Å². The van der Waals surface area contributed by atoms with Gasteiger partial charge in [-0.25, -0.2) is 0 Å². The highest BCUT2D eigenvalue weighted by Gasteiger charge is 2.23. The number of carbonyl (C=O) groups excluding carboxylic acids is 2. The number of anilines is 1. The lowest BCUT2D eigenvalue weighted by atomic mass is 10.2. The molecule has 0 aliphatic carbocycles. The molecule has 146 valence electrons. The van der Waals surface area contributed by atoms with E-state index in [-0.39, 0.29) is 29.5 Å². The summed E-state index contributed by atoms with van der Waals surface area (Å²) in [7, 11) is 0. The third kappa shape index (κ3) is 4.40. The Balaban J connectivity index is 1.56. The first kappa shape index (κ1) is 19.6. The molecule has 0 saturated carbocycles. The fraction of sp³-hybridized carbons (Fsp3) is 0.263. The molecule has 1 fully saturated rings. The maximum atomic E-state index is 12.4. The van der Waals surface area contributed by atoms with Gasteiger partial charge >= 0.3 is 0 Å². The molecule has 0 N–H and O–H groups in total. The smallest absolute Gasteiger partial charge is 0.270 e. The van der Waals surface area contributed by atoms with Gasteiger partial charge in [0, 0.05) is 38.3 Å². The van der Waals surface area contributed by atoms with E-state index in [4.69, 9.17) is 16.3 Å². The zero-order chi connectivity index (χ0) is 20.1. The van der Waals surface area contributed by atoms with Crippen LogP contribution in [0.2, 0.25) is 5.02 Å². The van der Waals surface area contributed by atoms with Crippen molar-refractivity contribution >= 4 is 35.2 Å².